The number of nitrogens with zero attached hydrogens (tertiary/aromatic N) is 1. The predicted molar refractivity (Wildman–Crippen MR) is 73.4 cm³/mol. The van der Waals surface area contributed by atoms with Crippen molar-refractivity contribution in [3.63, 3.8) is 0 Å². The van der Waals surface area contributed by atoms with Gasteiger partial charge in [0.1, 0.15) is 0 Å². The molecule has 0 N–H and O–H groups in total. The van der Waals surface area contributed by atoms with Gasteiger partial charge in [-0.2, -0.15) is 0 Å². The maximum atomic E-state index is 4.23. The summed E-state index contributed by atoms with van der Waals surface area (Å²) >= 11 is 0. The van der Waals surface area contributed by atoms with Gasteiger partial charge in [-0.05, 0) is 23.5 Å². The molecule has 0 bridgehead atoms. The van der Waals surface area contributed by atoms with Gasteiger partial charge in [-0.1, -0.05) is 51.6 Å². The van der Waals surface area contributed by atoms with Crippen molar-refractivity contribution in [1.29, 1.82) is 0 Å². The molecule has 1 nitrogen and oxygen atoms in total. The van der Waals surface area contributed by atoms with Crippen LogP contribution < -0.4 is 0 Å². The van der Waals surface area contributed by atoms with Gasteiger partial charge in [0, 0.05) is 18.3 Å². The van der Waals surface area contributed by atoms with Crippen molar-refractivity contribution < 1.29 is 0 Å². The fraction of sp³-hybridized carbons (Fsp3) is 0.400. The van der Waals surface area contributed by atoms with Gasteiger partial charge in [0.2, 0.25) is 0 Å². The lowest BCUT2D eigenvalue weighted by Crippen LogP contribution is -2.12. The topological polar surface area (TPSA) is 12.4 Å². The Labute approximate surface area is 98.9 Å². The van der Waals surface area contributed by atoms with Crippen LogP contribution in [0.25, 0.3) is 6.08 Å². The van der Waals surface area contributed by atoms with E-state index in [-0.39, 0.29) is 5.41 Å². The molecule has 0 aliphatic rings. The Morgan fingerprint density at radius 2 is 1.94 bits per heavy atom. The highest BCUT2D eigenvalue weighted by Crippen LogP contribution is 2.25. The molecule has 1 heteroatoms. The second-order valence-corrected chi connectivity index (χ2v) is 5.07. The van der Waals surface area contributed by atoms with Crippen molar-refractivity contribution >= 4 is 11.8 Å². The fourth-order valence-corrected chi connectivity index (χ4v) is 1.65. The first kappa shape index (κ1) is 12.7. The summed E-state index contributed by atoms with van der Waals surface area (Å²) in [4.78, 5) is 4.23. The van der Waals surface area contributed by atoms with E-state index in [0.29, 0.717) is 0 Å². The number of benzene rings is 1. The quantitative estimate of drug-likeness (QED) is 0.659. The lowest BCUT2D eigenvalue weighted by atomic mass is 9.85. The van der Waals surface area contributed by atoms with E-state index in [0.717, 1.165) is 11.3 Å². The molecule has 1 aromatic rings. The zero-order chi connectivity index (χ0) is 12.3. The zero-order valence-electron chi connectivity index (χ0n) is 11.0. The summed E-state index contributed by atoms with van der Waals surface area (Å²) in [6.07, 6.45) is 1.90. The molecule has 0 saturated heterocycles. The monoisotopic (exact) mass is 215 g/mol. The highest BCUT2D eigenvalue weighted by atomic mass is 14.7. The van der Waals surface area contributed by atoms with E-state index >= 15 is 0 Å². The lowest BCUT2D eigenvalue weighted by Gasteiger charge is -2.20. The van der Waals surface area contributed by atoms with Crippen molar-refractivity contribution in [1.82, 2.24) is 0 Å². The van der Waals surface area contributed by atoms with Crippen LogP contribution in [-0.4, -0.2) is 12.8 Å². The first-order chi connectivity index (χ1) is 7.40. The summed E-state index contributed by atoms with van der Waals surface area (Å²) in [5.41, 5.74) is 4.89. The Bertz CT molecular complexity index is 420. The third kappa shape index (κ3) is 2.60. The van der Waals surface area contributed by atoms with Crippen molar-refractivity contribution in [2.45, 2.75) is 33.1 Å². The van der Waals surface area contributed by atoms with E-state index in [2.05, 4.69) is 50.5 Å². The first-order valence-corrected chi connectivity index (χ1v) is 5.61. The van der Waals surface area contributed by atoms with Crippen LogP contribution in [0.4, 0.5) is 0 Å². The minimum Gasteiger partial charge on any atom is -0.293 e. The van der Waals surface area contributed by atoms with Crippen LogP contribution in [0, 0.1) is 0 Å². The van der Waals surface area contributed by atoms with Gasteiger partial charge in [-0.15, -0.1) is 0 Å². The average Bonchev–Trinajstić information content (AvgIpc) is 2.26. The minimum absolute atomic E-state index is 0.174. The summed E-state index contributed by atoms with van der Waals surface area (Å²) < 4.78 is 0. The maximum absolute atomic E-state index is 4.23. The fourth-order valence-electron chi connectivity index (χ4n) is 1.65. The second-order valence-electron chi connectivity index (χ2n) is 5.07. The largest absolute Gasteiger partial charge is 0.293 e. The standard InChI is InChI=1S/C15H21N/c1-7-12-10-13(15(3,4)5)8-9-14(12)11(2)16-6/h7-10H,1H2,2-6H3. The smallest absolute Gasteiger partial charge is 0.0392 e. The molecule has 86 valence electrons. The molecular weight excluding hydrogens is 194 g/mol. The van der Waals surface area contributed by atoms with Crippen molar-refractivity contribution in [2.24, 2.45) is 4.99 Å². The molecule has 0 fully saturated rings. The Kier molecular flexibility index (Phi) is 3.69. The average molecular weight is 215 g/mol. The molecule has 16 heavy (non-hydrogen) atoms. The SMILES string of the molecule is C=Cc1cc(C(C)(C)C)ccc1C(C)=NC. The van der Waals surface area contributed by atoms with Crippen LogP contribution >= 0.6 is 0 Å². The van der Waals surface area contributed by atoms with Crippen molar-refractivity contribution in [2.75, 3.05) is 7.05 Å². The molecule has 0 amide bonds. The Morgan fingerprint density at radius 3 is 2.38 bits per heavy atom. The molecule has 0 radical (unpaired) electrons. The van der Waals surface area contributed by atoms with Gasteiger partial charge in [0.05, 0.1) is 0 Å². The third-order valence-electron chi connectivity index (χ3n) is 2.86. The van der Waals surface area contributed by atoms with Crippen LogP contribution in [0.15, 0.2) is 29.8 Å². The van der Waals surface area contributed by atoms with E-state index < -0.39 is 0 Å². The molecule has 0 heterocycles. The van der Waals surface area contributed by atoms with Gasteiger partial charge >= 0.3 is 0 Å². The molecule has 0 atom stereocenters. The van der Waals surface area contributed by atoms with Crippen LogP contribution in [0.3, 0.4) is 0 Å². The summed E-state index contributed by atoms with van der Waals surface area (Å²) in [7, 11) is 1.82. The van der Waals surface area contributed by atoms with Crippen molar-refractivity contribution in [3.05, 3.63) is 41.5 Å². The van der Waals surface area contributed by atoms with E-state index in [1.54, 1.807) is 0 Å². The summed E-state index contributed by atoms with van der Waals surface area (Å²) in [6, 6.07) is 6.52. The molecule has 0 unspecified atom stereocenters. The summed E-state index contributed by atoms with van der Waals surface area (Å²) in [5, 5.41) is 0. The van der Waals surface area contributed by atoms with Gasteiger partial charge in [0.15, 0.2) is 0 Å². The number of rotatable bonds is 2. The van der Waals surface area contributed by atoms with Crippen LogP contribution in [0.5, 0.6) is 0 Å². The number of hydrogen-bond donors (Lipinski definition) is 0. The lowest BCUT2D eigenvalue weighted by molar-refractivity contribution is 0.590. The summed E-state index contributed by atoms with van der Waals surface area (Å²) in [5.74, 6) is 0. The van der Waals surface area contributed by atoms with Crippen LogP contribution in [0.1, 0.15) is 44.4 Å². The Hall–Kier alpha value is -1.37. The van der Waals surface area contributed by atoms with Gasteiger partial charge in [0.25, 0.3) is 0 Å². The Balaban J connectivity index is 3.33. The highest BCUT2D eigenvalue weighted by Gasteiger charge is 2.15. The van der Waals surface area contributed by atoms with Crippen molar-refractivity contribution in [3.8, 4) is 0 Å². The molecule has 0 saturated carbocycles. The molecule has 0 aromatic heterocycles. The molecule has 1 aromatic carbocycles. The molecule has 0 spiro atoms. The third-order valence-corrected chi connectivity index (χ3v) is 2.86. The van der Waals surface area contributed by atoms with Gasteiger partial charge < -0.3 is 0 Å². The molecular formula is C15H21N. The second kappa shape index (κ2) is 4.65. The Morgan fingerprint density at radius 1 is 1.31 bits per heavy atom. The normalized spacial score (nSPS) is 12.7. The highest BCUT2D eigenvalue weighted by molar-refractivity contribution is 6.01. The van der Waals surface area contributed by atoms with Crippen LogP contribution in [0.2, 0.25) is 0 Å². The summed E-state index contributed by atoms with van der Waals surface area (Å²) in [6.45, 7) is 12.6. The maximum Gasteiger partial charge on any atom is 0.0392 e. The number of aliphatic imine (C=N–C) groups is 1. The predicted octanol–water partition coefficient (Wildman–Crippen LogP) is 4.07. The van der Waals surface area contributed by atoms with E-state index in [9.17, 15) is 0 Å². The van der Waals surface area contributed by atoms with Gasteiger partial charge in [-0.25, -0.2) is 0 Å². The van der Waals surface area contributed by atoms with E-state index in [1.165, 1.54) is 11.1 Å². The molecule has 1 rings (SSSR count). The number of hydrogen-bond acceptors (Lipinski definition) is 1. The van der Waals surface area contributed by atoms with E-state index in [1.807, 2.05) is 20.0 Å². The molecule has 0 aliphatic heterocycles. The molecule has 0 aliphatic carbocycles. The minimum atomic E-state index is 0.174. The van der Waals surface area contributed by atoms with Crippen LogP contribution in [-0.2, 0) is 5.41 Å². The zero-order valence-corrected chi connectivity index (χ0v) is 11.0. The van der Waals surface area contributed by atoms with E-state index in [4.69, 9.17) is 0 Å². The van der Waals surface area contributed by atoms with Gasteiger partial charge in [-0.3, -0.25) is 4.99 Å². The first-order valence-electron chi connectivity index (χ1n) is 5.61.